The summed E-state index contributed by atoms with van der Waals surface area (Å²) in [5, 5.41) is 2.36. The fraction of sp³-hybridized carbons (Fsp3) is 0.235. The monoisotopic (exact) mass is 343 g/mol. The number of nitrogens with one attached hydrogen (secondary N) is 1. The number of alkyl halides is 3. The lowest BCUT2D eigenvalue weighted by Crippen LogP contribution is -2.24. The standard InChI is InChI=1S/C17H14F5NO/c18-13-3-1-2-11(8-13)4-7-16(24)23-10-12-5-6-14(19)9-15(12)17(20,21)22/h1-3,5-6,8-9H,4,7,10H2,(H,23,24). The molecule has 0 radical (unpaired) electrons. The van der Waals surface area contributed by atoms with Gasteiger partial charge in [-0.15, -0.1) is 0 Å². The molecule has 0 atom stereocenters. The van der Waals surface area contributed by atoms with Crippen LogP contribution in [0.5, 0.6) is 0 Å². The van der Waals surface area contributed by atoms with Crippen molar-refractivity contribution in [3.63, 3.8) is 0 Å². The highest BCUT2D eigenvalue weighted by Crippen LogP contribution is 2.32. The number of hydrogen-bond donors (Lipinski definition) is 1. The first-order valence-electron chi connectivity index (χ1n) is 7.12. The van der Waals surface area contributed by atoms with Crippen LogP contribution < -0.4 is 5.32 Å². The van der Waals surface area contributed by atoms with E-state index in [1.807, 2.05) is 0 Å². The first-order valence-corrected chi connectivity index (χ1v) is 7.12. The maximum absolute atomic E-state index is 13.0. The number of halogens is 5. The number of aryl methyl sites for hydroxylation is 1. The van der Waals surface area contributed by atoms with Gasteiger partial charge in [0.15, 0.2) is 0 Å². The van der Waals surface area contributed by atoms with E-state index in [1.165, 1.54) is 18.2 Å². The molecule has 0 fully saturated rings. The molecule has 2 nitrogen and oxygen atoms in total. The average Bonchev–Trinajstić information content (AvgIpc) is 2.51. The van der Waals surface area contributed by atoms with E-state index in [-0.39, 0.29) is 24.9 Å². The summed E-state index contributed by atoms with van der Waals surface area (Å²) in [6.07, 6.45) is -4.44. The van der Waals surface area contributed by atoms with E-state index in [0.29, 0.717) is 11.6 Å². The van der Waals surface area contributed by atoms with Crippen LogP contribution in [0.3, 0.4) is 0 Å². The van der Waals surface area contributed by atoms with Gasteiger partial charge in [-0.3, -0.25) is 4.79 Å². The molecule has 0 aliphatic heterocycles. The van der Waals surface area contributed by atoms with Gasteiger partial charge in [0, 0.05) is 13.0 Å². The summed E-state index contributed by atoms with van der Waals surface area (Å²) < 4.78 is 64.5. The number of carbonyl (C=O) groups excluding carboxylic acids is 1. The van der Waals surface area contributed by atoms with Crippen molar-refractivity contribution >= 4 is 5.91 Å². The van der Waals surface area contributed by atoms with Crippen molar-refractivity contribution in [3.05, 3.63) is 70.8 Å². The van der Waals surface area contributed by atoms with Crippen LogP contribution in [0, 0.1) is 11.6 Å². The Morgan fingerprint density at radius 2 is 1.71 bits per heavy atom. The lowest BCUT2D eigenvalue weighted by atomic mass is 10.1. The van der Waals surface area contributed by atoms with Crippen LogP contribution in [0.15, 0.2) is 42.5 Å². The van der Waals surface area contributed by atoms with E-state index >= 15 is 0 Å². The third-order valence-electron chi connectivity index (χ3n) is 3.38. The summed E-state index contributed by atoms with van der Waals surface area (Å²) in [7, 11) is 0. The molecule has 24 heavy (non-hydrogen) atoms. The SMILES string of the molecule is O=C(CCc1cccc(F)c1)NCc1ccc(F)cc1C(F)(F)F. The molecule has 0 saturated carbocycles. The molecule has 0 unspecified atom stereocenters. The molecule has 0 saturated heterocycles. The summed E-state index contributed by atoms with van der Waals surface area (Å²) in [5.41, 5.74) is -0.723. The van der Waals surface area contributed by atoms with Crippen LogP contribution in [0.2, 0.25) is 0 Å². The maximum atomic E-state index is 13.0. The average molecular weight is 343 g/mol. The highest BCUT2D eigenvalue weighted by Gasteiger charge is 2.33. The van der Waals surface area contributed by atoms with Crippen molar-refractivity contribution in [1.82, 2.24) is 5.32 Å². The van der Waals surface area contributed by atoms with Crippen LogP contribution >= 0.6 is 0 Å². The molecule has 1 amide bonds. The Kier molecular flexibility index (Phi) is 5.54. The molecular weight excluding hydrogens is 329 g/mol. The topological polar surface area (TPSA) is 29.1 Å². The van der Waals surface area contributed by atoms with E-state index in [9.17, 15) is 26.7 Å². The van der Waals surface area contributed by atoms with Gasteiger partial charge in [0.25, 0.3) is 0 Å². The number of benzene rings is 2. The Morgan fingerprint density at radius 1 is 1.00 bits per heavy atom. The van der Waals surface area contributed by atoms with Gasteiger partial charge in [-0.05, 0) is 41.8 Å². The van der Waals surface area contributed by atoms with Gasteiger partial charge in [0.2, 0.25) is 5.91 Å². The molecule has 0 aliphatic carbocycles. The number of amides is 1. The first kappa shape index (κ1) is 17.9. The van der Waals surface area contributed by atoms with Crippen molar-refractivity contribution in [2.75, 3.05) is 0 Å². The molecule has 128 valence electrons. The maximum Gasteiger partial charge on any atom is 0.416 e. The predicted molar refractivity (Wildman–Crippen MR) is 78.0 cm³/mol. The zero-order chi connectivity index (χ0) is 17.7. The molecule has 1 N–H and O–H groups in total. The molecule has 7 heteroatoms. The molecule has 0 aliphatic rings. The number of hydrogen-bond acceptors (Lipinski definition) is 1. The molecule has 0 heterocycles. The summed E-state index contributed by atoms with van der Waals surface area (Å²) in [6, 6.07) is 8.02. The Morgan fingerprint density at radius 3 is 2.38 bits per heavy atom. The van der Waals surface area contributed by atoms with Gasteiger partial charge >= 0.3 is 6.18 Å². The van der Waals surface area contributed by atoms with Crippen LogP contribution in [-0.4, -0.2) is 5.91 Å². The number of rotatable bonds is 5. The third-order valence-corrected chi connectivity index (χ3v) is 3.38. The summed E-state index contributed by atoms with van der Waals surface area (Å²) >= 11 is 0. The molecular formula is C17H14F5NO. The van der Waals surface area contributed by atoms with Crippen molar-refractivity contribution in [1.29, 1.82) is 0 Å². The van der Waals surface area contributed by atoms with Crippen LogP contribution in [0.25, 0.3) is 0 Å². The fourth-order valence-corrected chi connectivity index (χ4v) is 2.20. The Labute approximate surface area is 135 Å². The van der Waals surface area contributed by atoms with E-state index in [2.05, 4.69) is 5.32 Å². The Balaban J connectivity index is 1.95. The van der Waals surface area contributed by atoms with E-state index in [4.69, 9.17) is 0 Å². The fourth-order valence-electron chi connectivity index (χ4n) is 2.20. The molecule has 0 spiro atoms. The van der Waals surface area contributed by atoms with Gasteiger partial charge in [-0.25, -0.2) is 8.78 Å². The molecule has 2 aromatic rings. The smallest absolute Gasteiger partial charge is 0.352 e. The Bertz CT molecular complexity index is 727. The normalized spacial score (nSPS) is 11.4. The van der Waals surface area contributed by atoms with E-state index < -0.39 is 29.3 Å². The summed E-state index contributed by atoms with van der Waals surface area (Å²) in [6.45, 7) is -0.364. The minimum absolute atomic E-state index is 0.00595. The zero-order valence-electron chi connectivity index (χ0n) is 12.5. The van der Waals surface area contributed by atoms with Crippen molar-refractivity contribution < 1.29 is 26.7 Å². The van der Waals surface area contributed by atoms with Crippen molar-refractivity contribution in [2.45, 2.75) is 25.6 Å². The molecule has 2 aromatic carbocycles. The van der Waals surface area contributed by atoms with Gasteiger partial charge < -0.3 is 5.32 Å². The minimum atomic E-state index is -4.70. The predicted octanol–water partition coefficient (Wildman–Crippen LogP) is 4.23. The lowest BCUT2D eigenvalue weighted by Gasteiger charge is -2.13. The Hall–Kier alpha value is -2.44. The molecule has 0 aromatic heterocycles. The highest BCUT2D eigenvalue weighted by atomic mass is 19.4. The lowest BCUT2D eigenvalue weighted by molar-refractivity contribution is -0.138. The van der Waals surface area contributed by atoms with Crippen molar-refractivity contribution in [3.8, 4) is 0 Å². The summed E-state index contributed by atoms with van der Waals surface area (Å²) in [5.74, 6) is -1.89. The van der Waals surface area contributed by atoms with E-state index in [1.54, 1.807) is 6.07 Å². The third kappa shape index (κ3) is 5.04. The zero-order valence-corrected chi connectivity index (χ0v) is 12.5. The van der Waals surface area contributed by atoms with Crippen molar-refractivity contribution in [2.24, 2.45) is 0 Å². The van der Waals surface area contributed by atoms with Gasteiger partial charge in [-0.2, -0.15) is 13.2 Å². The second kappa shape index (κ2) is 7.42. The van der Waals surface area contributed by atoms with Gasteiger partial charge in [0.05, 0.1) is 5.56 Å². The second-order valence-electron chi connectivity index (χ2n) is 5.21. The first-order chi connectivity index (χ1) is 11.3. The highest BCUT2D eigenvalue weighted by molar-refractivity contribution is 5.76. The van der Waals surface area contributed by atoms with Crippen LogP contribution in [0.1, 0.15) is 23.1 Å². The quantitative estimate of drug-likeness (QED) is 0.809. The van der Waals surface area contributed by atoms with Gasteiger partial charge in [0.1, 0.15) is 11.6 Å². The largest absolute Gasteiger partial charge is 0.416 e. The minimum Gasteiger partial charge on any atom is -0.352 e. The van der Waals surface area contributed by atoms with Crippen LogP contribution in [0.4, 0.5) is 22.0 Å². The molecule has 0 bridgehead atoms. The van der Waals surface area contributed by atoms with E-state index in [0.717, 1.165) is 12.1 Å². The number of carbonyl (C=O) groups is 1. The van der Waals surface area contributed by atoms with Gasteiger partial charge in [-0.1, -0.05) is 18.2 Å². The molecule has 2 rings (SSSR count). The second-order valence-corrected chi connectivity index (χ2v) is 5.21. The summed E-state index contributed by atoms with van der Waals surface area (Å²) in [4.78, 5) is 11.7. The van der Waals surface area contributed by atoms with Crippen LogP contribution in [-0.2, 0) is 23.9 Å².